The Morgan fingerprint density at radius 2 is 1.57 bits per heavy atom. The number of hydrogen-bond acceptors (Lipinski definition) is 2. The second-order valence-electron chi connectivity index (χ2n) is 6.43. The first kappa shape index (κ1) is 19.9. The molecule has 0 bridgehead atoms. The van der Waals surface area contributed by atoms with Gasteiger partial charge < -0.3 is 9.80 Å². The lowest BCUT2D eigenvalue weighted by molar-refractivity contribution is -0.132. The predicted octanol–water partition coefficient (Wildman–Crippen LogP) is 3.17. The third-order valence-corrected chi connectivity index (χ3v) is 3.87. The van der Waals surface area contributed by atoms with Crippen molar-refractivity contribution in [2.75, 3.05) is 26.7 Å². The van der Waals surface area contributed by atoms with Crippen molar-refractivity contribution < 1.29 is 9.59 Å². The van der Waals surface area contributed by atoms with Crippen molar-refractivity contribution in [3.8, 4) is 0 Å². The molecule has 0 aromatic heterocycles. The van der Waals surface area contributed by atoms with Crippen LogP contribution in [-0.4, -0.2) is 48.3 Å². The molecule has 2 amide bonds. The normalized spacial score (nSPS) is 12.3. The Labute approximate surface area is 130 Å². The number of hydrogen-bond donors (Lipinski definition) is 0. The Morgan fingerprint density at radius 3 is 2.05 bits per heavy atom. The molecular weight excluding hydrogens is 264 g/mol. The first-order valence-corrected chi connectivity index (χ1v) is 8.33. The largest absolute Gasteiger partial charge is 0.346 e. The van der Waals surface area contributed by atoms with E-state index in [4.69, 9.17) is 0 Å². The molecule has 0 heterocycles. The second kappa shape index (κ2) is 10.6. The zero-order valence-electron chi connectivity index (χ0n) is 14.8. The Morgan fingerprint density at radius 1 is 0.952 bits per heavy atom. The third kappa shape index (κ3) is 8.74. The average molecular weight is 298 g/mol. The summed E-state index contributed by atoms with van der Waals surface area (Å²) in [4.78, 5) is 27.6. The van der Waals surface area contributed by atoms with Gasteiger partial charge in [-0.15, -0.1) is 0 Å². The Bertz CT molecular complexity index is 316. The Balaban J connectivity index is 4.04. The highest BCUT2D eigenvalue weighted by Crippen LogP contribution is 2.13. The smallest absolute Gasteiger partial charge is 0.222 e. The molecule has 0 aliphatic rings. The molecule has 0 aromatic carbocycles. The van der Waals surface area contributed by atoms with E-state index in [9.17, 15) is 9.59 Å². The molecule has 4 nitrogen and oxygen atoms in total. The molecular formula is C17H34N2O2. The molecule has 4 heteroatoms. The maximum atomic E-state index is 12.0. The standard InChI is InChI=1S/C17H34N2O2/c1-7-18(6)16(20)13-15(5)10-9-11-19(8-2)17(21)12-14(3)4/h14-15H,7-13H2,1-6H3. The number of carbonyl (C=O) groups excluding carboxylic acids is 2. The van der Waals surface area contributed by atoms with Gasteiger partial charge in [-0.1, -0.05) is 20.8 Å². The summed E-state index contributed by atoms with van der Waals surface area (Å²) in [5.41, 5.74) is 0. The predicted molar refractivity (Wildman–Crippen MR) is 88.0 cm³/mol. The Hall–Kier alpha value is -1.06. The van der Waals surface area contributed by atoms with Crippen LogP contribution in [0.5, 0.6) is 0 Å². The van der Waals surface area contributed by atoms with Gasteiger partial charge in [-0.2, -0.15) is 0 Å². The van der Waals surface area contributed by atoms with E-state index in [0.29, 0.717) is 24.7 Å². The quantitative estimate of drug-likeness (QED) is 0.621. The van der Waals surface area contributed by atoms with E-state index in [1.807, 2.05) is 25.8 Å². The van der Waals surface area contributed by atoms with Crippen LogP contribution in [-0.2, 0) is 9.59 Å². The lowest BCUT2D eigenvalue weighted by atomic mass is 10.0. The molecule has 0 N–H and O–H groups in total. The van der Waals surface area contributed by atoms with Crippen LogP contribution in [0.2, 0.25) is 0 Å². The van der Waals surface area contributed by atoms with Gasteiger partial charge in [0.05, 0.1) is 0 Å². The van der Waals surface area contributed by atoms with E-state index < -0.39 is 0 Å². The number of amides is 2. The summed E-state index contributed by atoms with van der Waals surface area (Å²) >= 11 is 0. The van der Waals surface area contributed by atoms with E-state index in [2.05, 4.69) is 20.8 Å². The van der Waals surface area contributed by atoms with Gasteiger partial charge in [0.15, 0.2) is 0 Å². The second-order valence-corrected chi connectivity index (χ2v) is 6.43. The highest BCUT2D eigenvalue weighted by molar-refractivity contribution is 5.76. The first-order valence-electron chi connectivity index (χ1n) is 8.33. The van der Waals surface area contributed by atoms with Gasteiger partial charge in [-0.3, -0.25) is 9.59 Å². The third-order valence-electron chi connectivity index (χ3n) is 3.87. The van der Waals surface area contributed by atoms with Crippen molar-refractivity contribution in [3.63, 3.8) is 0 Å². The molecule has 0 saturated heterocycles. The van der Waals surface area contributed by atoms with Crippen LogP contribution < -0.4 is 0 Å². The van der Waals surface area contributed by atoms with Gasteiger partial charge in [-0.25, -0.2) is 0 Å². The van der Waals surface area contributed by atoms with E-state index in [1.165, 1.54) is 0 Å². The zero-order chi connectivity index (χ0) is 16.4. The van der Waals surface area contributed by atoms with Crippen LogP contribution >= 0.6 is 0 Å². The molecule has 0 aliphatic carbocycles. The molecule has 1 unspecified atom stereocenters. The van der Waals surface area contributed by atoms with Crippen molar-refractivity contribution in [1.29, 1.82) is 0 Å². The number of nitrogens with zero attached hydrogens (tertiary/aromatic N) is 2. The van der Waals surface area contributed by atoms with Crippen molar-refractivity contribution in [3.05, 3.63) is 0 Å². The number of rotatable bonds is 10. The zero-order valence-corrected chi connectivity index (χ0v) is 14.8. The molecule has 0 aliphatic heterocycles. The molecule has 0 saturated carbocycles. The van der Waals surface area contributed by atoms with Crippen LogP contribution in [0.1, 0.15) is 60.3 Å². The molecule has 124 valence electrons. The van der Waals surface area contributed by atoms with Gasteiger partial charge in [0.1, 0.15) is 0 Å². The lowest BCUT2D eigenvalue weighted by Crippen LogP contribution is -2.33. The van der Waals surface area contributed by atoms with Gasteiger partial charge in [0.2, 0.25) is 11.8 Å². The highest BCUT2D eigenvalue weighted by Gasteiger charge is 2.15. The summed E-state index contributed by atoms with van der Waals surface area (Å²) in [6.45, 7) is 12.6. The van der Waals surface area contributed by atoms with Crippen LogP contribution in [0.15, 0.2) is 0 Å². The van der Waals surface area contributed by atoms with Crippen molar-refractivity contribution in [2.45, 2.75) is 60.3 Å². The maximum absolute atomic E-state index is 12.0. The fraction of sp³-hybridized carbons (Fsp3) is 0.882. The number of carbonyl (C=O) groups is 2. The lowest BCUT2D eigenvalue weighted by Gasteiger charge is -2.23. The summed E-state index contributed by atoms with van der Waals surface area (Å²) in [7, 11) is 1.85. The highest BCUT2D eigenvalue weighted by atomic mass is 16.2. The fourth-order valence-electron chi connectivity index (χ4n) is 2.30. The van der Waals surface area contributed by atoms with E-state index in [1.54, 1.807) is 4.90 Å². The average Bonchev–Trinajstić information content (AvgIpc) is 2.41. The van der Waals surface area contributed by atoms with Gasteiger partial charge in [-0.05, 0) is 38.5 Å². The summed E-state index contributed by atoms with van der Waals surface area (Å²) < 4.78 is 0. The van der Waals surface area contributed by atoms with Crippen LogP contribution in [0.4, 0.5) is 0 Å². The van der Waals surface area contributed by atoms with E-state index in [0.717, 1.165) is 32.5 Å². The van der Waals surface area contributed by atoms with Gasteiger partial charge in [0.25, 0.3) is 0 Å². The Kier molecular flexibility index (Phi) is 10.1. The first-order chi connectivity index (χ1) is 9.81. The molecule has 0 radical (unpaired) electrons. The minimum absolute atomic E-state index is 0.216. The minimum atomic E-state index is 0.216. The van der Waals surface area contributed by atoms with Crippen molar-refractivity contribution in [1.82, 2.24) is 9.80 Å². The van der Waals surface area contributed by atoms with Gasteiger partial charge >= 0.3 is 0 Å². The molecule has 0 rings (SSSR count). The van der Waals surface area contributed by atoms with Gasteiger partial charge in [0, 0.05) is 39.5 Å². The SMILES string of the molecule is CCN(C)C(=O)CC(C)CCCN(CC)C(=O)CC(C)C. The summed E-state index contributed by atoms with van der Waals surface area (Å²) in [5, 5.41) is 0. The van der Waals surface area contributed by atoms with E-state index in [-0.39, 0.29) is 11.8 Å². The molecule has 0 aromatic rings. The van der Waals surface area contributed by atoms with Crippen molar-refractivity contribution >= 4 is 11.8 Å². The molecule has 0 spiro atoms. The van der Waals surface area contributed by atoms with Crippen LogP contribution in [0.3, 0.4) is 0 Å². The summed E-state index contributed by atoms with van der Waals surface area (Å²) in [5.74, 6) is 1.26. The van der Waals surface area contributed by atoms with E-state index >= 15 is 0 Å². The summed E-state index contributed by atoms with van der Waals surface area (Å²) in [6.07, 6.45) is 3.20. The maximum Gasteiger partial charge on any atom is 0.222 e. The molecule has 1 atom stereocenters. The molecule has 0 fully saturated rings. The topological polar surface area (TPSA) is 40.6 Å². The van der Waals surface area contributed by atoms with Crippen LogP contribution in [0.25, 0.3) is 0 Å². The van der Waals surface area contributed by atoms with Crippen LogP contribution in [0, 0.1) is 11.8 Å². The monoisotopic (exact) mass is 298 g/mol. The van der Waals surface area contributed by atoms with Crippen molar-refractivity contribution in [2.24, 2.45) is 11.8 Å². The summed E-state index contributed by atoms with van der Waals surface area (Å²) in [6, 6.07) is 0. The molecule has 21 heavy (non-hydrogen) atoms. The minimum Gasteiger partial charge on any atom is -0.346 e. The fourth-order valence-corrected chi connectivity index (χ4v) is 2.30.